The number of aliphatic hydroxyl groups excluding tert-OH is 1. The first-order chi connectivity index (χ1) is 9.06. The average Bonchev–Trinajstić information content (AvgIpc) is 2.40. The Balaban J connectivity index is 1.89. The minimum atomic E-state index is -0.141. The van der Waals surface area contributed by atoms with Crippen LogP contribution in [0.3, 0.4) is 0 Å². The quantitative estimate of drug-likeness (QED) is 0.897. The number of nitrogens with one attached hydrogen (secondary N) is 1. The van der Waals surface area contributed by atoms with E-state index in [9.17, 15) is 9.90 Å². The maximum Gasteiger partial charge on any atom is 0.252 e. The molecule has 1 aromatic rings. The van der Waals surface area contributed by atoms with E-state index in [0.29, 0.717) is 18.0 Å². The molecule has 3 nitrogen and oxygen atoms in total. The Kier molecular flexibility index (Phi) is 4.99. The third-order valence-corrected chi connectivity index (χ3v) is 4.43. The third kappa shape index (κ3) is 4.05. The Labute approximate surface area is 122 Å². The van der Waals surface area contributed by atoms with Crippen LogP contribution in [0.15, 0.2) is 22.7 Å². The van der Waals surface area contributed by atoms with Gasteiger partial charge < -0.3 is 10.4 Å². The summed E-state index contributed by atoms with van der Waals surface area (Å²) in [4.78, 5) is 12.1. The zero-order valence-corrected chi connectivity index (χ0v) is 12.7. The van der Waals surface area contributed by atoms with Crippen LogP contribution in [0.2, 0.25) is 0 Å². The van der Waals surface area contributed by atoms with Crippen molar-refractivity contribution < 1.29 is 9.90 Å². The third-order valence-electron chi connectivity index (χ3n) is 3.73. The number of hydrogen-bond donors (Lipinski definition) is 2. The van der Waals surface area contributed by atoms with Gasteiger partial charge in [-0.15, -0.1) is 0 Å². The van der Waals surface area contributed by atoms with Crippen LogP contribution in [0, 0.1) is 12.8 Å². The van der Waals surface area contributed by atoms with Gasteiger partial charge in [-0.3, -0.25) is 4.79 Å². The summed E-state index contributed by atoms with van der Waals surface area (Å²) in [6.45, 7) is 2.68. The van der Waals surface area contributed by atoms with Crippen molar-refractivity contribution in [2.45, 2.75) is 38.7 Å². The molecule has 0 radical (unpaired) electrons. The van der Waals surface area contributed by atoms with E-state index in [-0.39, 0.29) is 12.0 Å². The second-order valence-electron chi connectivity index (χ2n) is 5.37. The molecule has 0 aliphatic heterocycles. The summed E-state index contributed by atoms with van der Waals surface area (Å²) in [5.74, 6) is 0.470. The zero-order chi connectivity index (χ0) is 13.8. The first-order valence-corrected chi connectivity index (χ1v) is 7.58. The fourth-order valence-corrected chi connectivity index (χ4v) is 2.92. The van der Waals surface area contributed by atoms with E-state index in [2.05, 4.69) is 21.2 Å². The molecule has 1 fully saturated rings. The van der Waals surface area contributed by atoms with Gasteiger partial charge in [-0.1, -0.05) is 11.6 Å². The molecule has 0 aromatic heterocycles. The van der Waals surface area contributed by atoms with Gasteiger partial charge in [0.15, 0.2) is 0 Å². The van der Waals surface area contributed by atoms with Gasteiger partial charge in [-0.05, 0) is 66.6 Å². The number of hydrogen-bond acceptors (Lipinski definition) is 2. The van der Waals surface area contributed by atoms with Crippen LogP contribution in [0.25, 0.3) is 0 Å². The fraction of sp³-hybridized carbons (Fsp3) is 0.533. The molecule has 0 atom stereocenters. The molecule has 2 N–H and O–H groups in total. The second kappa shape index (κ2) is 6.53. The van der Waals surface area contributed by atoms with Gasteiger partial charge in [0.2, 0.25) is 0 Å². The van der Waals surface area contributed by atoms with Crippen molar-refractivity contribution >= 4 is 21.8 Å². The maximum absolute atomic E-state index is 12.1. The number of amides is 1. The second-order valence-corrected chi connectivity index (χ2v) is 6.22. The highest BCUT2D eigenvalue weighted by molar-refractivity contribution is 9.10. The Morgan fingerprint density at radius 2 is 2.05 bits per heavy atom. The maximum atomic E-state index is 12.1. The predicted octanol–water partition coefficient (Wildman–Crippen LogP) is 3.04. The molecule has 19 heavy (non-hydrogen) atoms. The normalized spacial score (nSPS) is 23.1. The molecule has 0 saturated heterocycles. The Morgan fingerprint density at radius 1 is 1.37 bits per heavy atom. The standard InChI is InChI=1S/C15H20BrNO2/c1-10-2-7-14(16)13(8-10)15(19)17-9-11-3-5-12(18)6-4-11/h2,7-8,11-12,18H,3-6,9H2,1H3,(H,17,19). The number of carbonyl (C=O) groups is 1. The van der Waals surface area contributed by atoms with E-state index >= 15 is 0 Å². The minimum Gasteiger partial charge on any atom is -0.393 e. The van der Waals surface area contributed by atoms with Crippen molar-refractivity contribution in [1.29, 1.82) is 0 Å². The summed E-state index contributed by atoms with van der Waals surface area (Å²) in [5, 5.41) is 12.5. The van der Waals surface area contributed by atoms with Gasteiger partial charge in [0.1, 0.15) is 0 Å². The van der Waals surface area contributed by atoms with Crippen LogP contribution < -0.4 is 5.32 Å². The lowest BCUT2D eigenvalue weighted by Crippen LogP contribution is -2.32. The number of aliphatic hydroxyl groups is 1. The molecule has 1 aliphatic carbocycles. The number of benzene rings is 1. The summed E-state index contributed by atoms with van der Waals surface area (Å²) in [6, 6.07) is 5.77. The van der Waals surface area contributed by atoms with E-state index in [1.165, 1.54) is 0 Å². The molecule has 1 amide bonds. The monoisotopic (exact) mass is 325 g/mol. The molecular weight excluding hydrogens is 306 g/mol. The van der Waals surface area contributed by atoms with E-state index in [0.717, 1.165) is 35.7 Å². The SMILES string of the molecule is Cc1ccc(Br)c(C(=O)NCC2CCC(O)CC2)c1. The molecule has 0 bridgehead atoms. The Hall–Kier alpha value is -0.870. The molecule has 0 unspecified atom stereocenters. The molecule has 1 aliphatic rings. The lowest BCUT2D eigenvalue weighted by atomic mass is 9.87. The van der Waals surface area contributed by atoms with Crippen molar-refractivity contribution in [2.24, 2.45) is 5.92 Å². The van der Waals surface area contributed by atoms with E-state index in [4.69, 9.17) is 0 Å². The van der Waals surface area contributed by atoms with Gasteiger partial charge in [0.25, 0.3) is 5.91 Å². The van der Waals surface area contributed by atoms with E-state index in [1.54, 1.807) is 0 Å². The summed E-state index contributed by atoms with van der Waals surface area (Å²) in [7, 11) is 0. The molecular formula is C15H20BrNO2. The molecule has 4 heteroatoms. The molecule has 0 spiro atoms. The number of carbonyl (C=O) groups excluding carboxylic acids is 1. The van der Waals surface area contributed by atoms with Crippen LogP contribution in [-0.4, -0.2) is 23.7 Å². The van der Waals surface area contributed by atoms with Gasteiger partial charge in [-0.25, -0.2) is 0 Å². The lowest BCUT2D eigenvalue weighted by Gasteiger charge is -2.25. The number of halogens is 1. The van der Waals surface area contributed by atoms with Crippen molar-refractivity contribution in [1.82, 2.24) is 5.32 Å². The number of rotatable bonds is 3. The summed E-state index contributed by atoms with van der Waals surface area (Å²) >= 11 is 3.41. The summed E-state index contributed by atoms with van der Waals surface area (Å²) in [6.07, 6.45) is 3.56. The molecule has 1 saturated carbocycles. The number of aryl methyl sites for hydroxylation is 1. The van der Waals surface area contributed by atoms with E-state index in [1.807, 2.05) is 25.1 Å². The summed E-state index contributed by atoms with van der Waals surface area (Å²) in [5.41, 5.74) is 1.77. The smallest absolute Gasteiger partial charge is 0.252 e. The van der Waals surface area contributed by atoms with Crippen molar-refractivity contribution in [3.63, 3.8) is 0 Å². The van der Waals surface area contributed by atoms with Gasteiger partial charge >= 0.3 is 0 Å². The Morgan fingerprint density at radius 3 is 2.74 bits per heavy atom. The van der Waals surface area contributed by atoms with Crippen LogP contribution in [0.1, 0.15) is 41.6 Å². The fourth-order valence-electron chi connectivity index (χ4n) is 2.49. The highest BCUT2D eigenvalue weighted by Gasteiger charge is 2.20. The van der Waals surface area contributed by atoms with Crippen molar-refractivity contribution in [2.75, 3.05) is 6.54 Å². The predicted molar refractivity (Wildman–Crippen MR) is 79.2 cm³/mol. The van der Waals surface area contributed by atoms with Crippen molar-refractivity contribution in [3.05, 3.63) is 33.8 Å². The molecule has 2 rings (SSSR count). The first kappa shape index (κ1) is 14.5. The van der Waals surface area contributed by atoms with Gasteiger partial charge in [-0.2, -0.15) is 0 Å². The van der Waals surface area contributed by atoms with Crippen LogP contribution in [0.4, 0.5) is 0 Å². The molecule has 104 valence electrons. The zero-order valence-electron chi connectivity index (χ0n) is 11.2. The van der Waals surface area contributed by atoms with Gasteiger partial charge in [0, 0.05) is 11.0 Å². The minimum absolute atomic E-state index is 0.0262. The Bertz CT molecular complexity index is 453. The van der Waals surface area contributed by atoms with Crippen LogP contribution in [-0.2, 0) is 0 Å². The first-order valence-electron chi connectivity index (χ1n) is 6.78. The van der Waals surface area contributed by atoms with Crippen molar-refractivity contribution in [3.8, 4) is 0 Å². The summed E-state index contributed by atoms with van der Waals surface area (Å²) < 4.78 is 0.828. The van der Waals surface area contributed by atoms with E-state index < -0.39 is 0 Å². The average molecular weight is 326 g/mol. The lowest BCUT2D eigenvalue weighted by molar-refractivity contribution is 0.0909. The highest BCUT2D eigenvalue weighted by Crippen LogP contribution is 2.24. The molecule has 1 aromatic carbocycles. The highest BCUT2D eigenvalue weighted by atomic mass is 79.9. The van der Waals surface area contributed by atoms with Gasteiger partial charge in [0.05, 0.1) is 11.7 Å². The van der Waals surface area contributed by atoms with Crippen LogP contribution in [0.5, 0.6) is 0 Å². The largest absolute Gasteiger partial charge is 0.393 e. The van der Waals surface area contributed by atoms with Crippen LogP contribution >= 0.6 is 15.9 Å². The molecule has 0 heterocycles. The topological polar surface area (TPSA) is 49.3 Å².